The Morgan fingerprint density at radius 3 is 2.88 bits per heavy atom. The highest BCUT2D eigenvalue weighted by Crippen LogP contribution is 2.29. The highest BCUT2D eigenvalue weighted by atomic mass is 32.1. The normalized spacial score (nSPS) is 11.8. The van der Waals surface area contributed by atoms with Crippen LogP contribution in [-0.4, -0.2) is 55.0 Å². The van der Waals surface area contributed by atoms with Gasteiger partial charge in [0.05, 0.1) is 30.0 Å². The van der Waals surface area contributed by atoms with Crippen molar-refractivity contribution in [2.45, 2.75) is 12.6 Å². The van der Waals surface area contributed by atoms with E-state index in [-0.39, 0.29) is 12.5 Å². The van der Waals surface area contributed by atoms with Crippen LogP contribution < -0.4 is 9.64 Å². The summed E-state index contributed by atoms with van der Waals surface area (Å²) in [6, 6.07) is 12.8. The third kappa shape index (κ3) is 5.29. The number of nitrogens with zero attached hydrogens (tertiary/aromatic N) is 5. The van der Waals surface area contributed by atoms with Crippen molar-refractivity contribution < 1.29 is 19.7 Å². The van der Waals surface area contributed by atoms with Gasteiger partial charge < -0.3 is 24.4 Å². The molecule has 0 spiro atoms. The first-order valence-corrected chi connectivity index (χ1v) is 10.7. The maximum atomic E-state index is 11.3. The number of hydrogen-bond acceptors (Lipinski definition) is 8. The third-order valence-corrected chi connectivity index (χ3v) is 5.50. The summed E-state index contributed by atoms with van der Waals surface area (Å²) >= 11 is 1.54. The second kappa shape index (κ2) is 10.0. The van der Waals surface area contributed by atoms with Crippen LogP contribution in [0.2, 0.25) is 0 Å². The molecule has 0 radical (unpaired) electrons. The van der Waals surface area contributed by atoms with E-state index in [9.17, 15) is 15.0 Å². The predicted molar refractivity (Wildman–Crippen MR) is 120 cm³/mol. The van der Waals surface area contributed by atoms with E-state index in [0.717, 1.165) is 4.88 Å². The molecule has 0 fully saturated rings. The van der Waals surface area contributed by atoms with Crippen molar-refractivity contribution in [1.29, 1.82) is 0 Å². The van der Waals surface area contributed by atoms with Crippen molar-refractivity contribution in [2.75, 3.05) is 18.1 Å². The molecule has 4 rings (SSSR count). The first kappa shape index (κ1) is 21.5. The van der Waals surface area contributed by atoms with E-state index < -0.39 is 12.1 Å². The Morgan fingerprint density at radius 2 is 2.12 bits per heavy atom. The Bertz CT molecular complexity index is 1150. The third-order valence-electron chi connectivity index (χ3n) is 4.61. The molecule has 1 unspecified atom stereocenters. The van der Waals surface area contributed by atoms with Crippen molar-refractivity contribution in [2.24, 2.45) is 0 Å². The number of imidazole rings is 1. The SMILES string of the molecule is O=C(O)C(O)CN(c1cccc(OCCn2ccnc2)c1)c1nccc(-c2cccs2)n1. The van der Waals surface area contributed by atoms with Gasteiger partial charge in [-0.2, -0.15) is 0 Å². The molecule has 3 aromatic heterocycles. The Labute approximate surface area is 188 Å². The number of benzene rings is 1. The van der Waals surface area contributed by atoms with Crippen LogP contribution in [0.4, 0.5) is 11.6 Å². The van der Waals surface area contributed by atoms with Crippen LogP contribution in [0.1, 0.15) is 0 Å². The lowest BCUT2D eigenvalue weighted by molar-refractivity contribution is -0.145. The molecular formula is C22H21N5O4S. The maximum Gasteiger partial charge on any atom is 0.334 e. The minimum Gasteiger partial charge on any atom is -0.492 e. The topological polar surface area (TPSA) is 114 Å². The number of aliphatic hydroxyl groups excluding tert-OH is 1. The van der Waals surface area contributed by atoms with Gasteiger partial charge in [0, 0.05) is 30.3 Å². The van der Waals surface area contributed by atoms with E-state index in [1.54, 1.807) is 59.2 Å². The van der Waals surface area contributed by atoms with Gasteiger partial charge in [-0.25, -0.2) is 19.7 Å². The number of ether oxygens (including phenoxy) is 1. The number of anilines is 2. The molecule has 1 atom stereocenters. The van der Waals surface area contributed by atoms with E-state index in [2.05, 4.69) is 15.0 Å². The molecule has 0 amide bonds. The van der Waals surface area contributed by atoms with E-state index in [4.69, 9.17) is 4.74 Å². The summed E-state index contributed by atoms with van der Waals surface area (Å²) in [6.45, 7) is 0.848. The fraction of sp³-hybridized carbons (Fsp3) is 0.182. The smallest absolute Gasteiger partial charge is 0.334 e. The van der Waals surface area contributed by atoms with Crippen LogP contribution in [-0.2, 0) is 11.3 Å². The molecule has 0 aliphatic heterocycles. The van der Waals surface area contributed by atoms with Crippen molar-refractivity contribution in [3.63, 3.8) is 0 Å². The van der Waals surface area contributed by atoms with E-state index in [1.807, 2.05) is 34.3 Å². The van der Waals surface area contributed by atoms with Crippen LogP contribution in [0.3, 0.4) is 0 Å². The molecule has 0 saturated carbocycles. The molecule has 0 aliphatic rings. The van der Waals surface area contributed by atoms with Gasteiger partial charge >= 0.3 is 5.97 Å². The number of carboxylic acids is 1. The average Bonchev–Trinajstić information content (AvgIpc) is 3.52. The van der Waals surface area contributed by atoms with E-state index in [1.165, 1.54) is 0 Å². The molecule has 0 bridgehead atoms. The first-order valence-electron chi connectivity index (χ1n) is 9.84. The lowest BCUT2D eigenvalue weighted by Gasteiger charge is -2.24. The highest BCUT2D eigenvalue weighted by Gasteiger charge is 2.22. The second-order valence-corrected chi connectivity index (χ2v) is 7.78. The minimum atomic E-state index is -1.62. The maximum absolute atomic E-state index is 11.3. The summed E-state index contributed by atoms with van der Waals surface area (Å²) in [5.74, 6) is -0.434. The van der Waals surface area contributed by atoms with Crippen molar-refractivity contribution >= 4 is 28.9 Å². The van der Waals surface area contributed by atoms with Crippen LogP contribution in [0, 0.1) is 0 Å². The quantitative estimate of drug-likeness (QED) is 0.378. The molecule has 32 heavy (non-hydrogen) atoms. The zero-order chi connectivity index (χ0) is 22.3. The molecule has 164 valence electrons. The molecule has 9 nitrogen and oxygen atoms in total. The summed E-state index contributed by atoms with van der Waals surface area (Å²) in [5.41, 5.74) is 1.32. The number of rotatable bonds is 10. The summed E-state index contributed by atoms with van der Waals surface area (Å²) in [5, 5.41) is 21.2. The molecule has 0 saturated heterocycles. The average molecular weight is 452 g/mol. The van der Waals surface area contributed by atoms with E-state index in [0.29, 0.717) is 30.3 Å². The van der Waals surface area contributed by atoms with Gasteiger partial charge in [-0.05, 0) is 29.6 Å². The lowest BCUT2D eigenvalue weighted by atomic mass is 10.2. The van der Waals surface area contributed by atoms with E-state index >= 15 is 0 Å². The summed E-state index contributed by atoms with van der Waals surface area (Å²) in [4.78, 5) is 26.8. The standard InChI is InChI=1S/C22H21N5O4S/c28-19(21(29)30)14-27(22-24-7-6-18(25-22)20-5-2-12-32-20)16-3-1-4-17(13-16)31-11-10-26-9-8-23-15-26/h1-9,12-13,15,19,28H,10-11,14H2,(H,29,30). The highest BCUT2D eigenvalue weighted by molar-refractivity contribution is 7.13. The number of aliphatic carboxylic acids is 1. The van der Waals surface area contributed by atoms with Gasteiger partial charge in [0.1, 0.15) is 12.4 Å². The number of aliphatic hydroxyl groups is 1. The second-order valence-electron chi connectivity index (χ2n) is 6.83. The van der Waals surface area contributed by atoms with Gasteiger partial charge in [-0.15, -0.1) is 11.3 Å². The lowest BCUT2D eigenvalue weighted by Crippen LogP contribution is -2.35. The van der Waals surface area contributed by atoms with Crippen LogP contribution in [0.25, 0.3) is 10.6 Å². The number of hydrogen-bond donors (Lipinski definition) is 2. The fourth-order valence-electron chi connectivity index (χ4n) is 3.02. The van der Waals surface area contributed by atoms with Gasteiger partial charge in [-0.1, -0.05) is 12.1 Å². The van der Waals surface area contributed by atoms with Crippen molar-refractivity contribution in [3.8, 4) is 16.3 Å². The zero-order valence-electron chi connectivity index (χ0n) is 17.0. The fourth-order valence-corrected chi connectivity index (χ4v) is 3.72. The van der Waals surface area contributed by atoms with Gasteiger partial charge in [0.25, 0.3) is 0 Å². The number of aromatic nitrogens is 4. The van der Waals surface area contributed by atoms with Gasteiger partial charge in [0.2, 0.25) is 5.95 Å². The Balaban J connectivity index is 1.59. The molecule has 10 heteroatoms. The number of carbonyl (C=O) groups is 1. The van der Waals surface area contributed by atoms with Crippen molar-refractivity contribution in [3.05, 3.63) is 72.8 Å². The summed E-state index contributed by atoms with van der Waals surface area (Å²) in [7, 11) is 0. The molecular weight excluding hydrogens is 430 g/mol. The molecule has 3 heterocycles. The van der Waals surface area contributed by atoms with Crippen LogP contribution in [0.5, 0.6) is 5.75 Å². The Kier molecular flexibility index (Phi) is 6.73. The van der Waals surface area contributed by atoms with Crippen molar-refractivity contribution in [1.82, 2.24) is 19.5 Å². The van der Waals surface area contributed by atoms with Crippen LogP contribution >= 0.6 is 11.3 Å². The molecule has 4 aromatic rings. The Hall–Kier alpha value is -3.76. The summed E-state index contributed by atoms with van der Waals surface area (Å²) < 4.78 is 7.75. The van der Waals surface area contributed by atoms with Gasteiger partial charge in [0.15, 0.2) is 6.10 Å². The predicted octanol–water partition coefficient (Wildman–Crippen LogP) is 3.06. The largest absolute Gasteiger partial charge is 0.492 e. The monoisotopic (exact) mass is 451 g/mol. The first-order chi connectivity index (χ1) is 15.6. The minimum absolute atomic E-state index is 0.221. The van der Waals surface area contributed by atoms with Gasteiger partial charge in [-0.3, -0.25) is 0 Å². The molecule has 0 aliphatic carbocycles. The number of carboxylic acid groups (broad SMARTS) is 1. The summed E-state index contributed by atoms with van der Waals surface area (Å²) in [6.07, 6.45) is 5.27. The van der Waals surface area contributed by atoms with Crippen LogP contribution in [0.15, 0.2) is 72.8 Å². The number of thiophene rings is 1. The Morgan fingerprint density at radius 1 is 1.22 bits per heavy atom. The molecule has 2 N–H and O–H groups in total. The molecule has 1 aromatic carbocycles. The zero-order valence-corrected chi connectivity index (χ0v) is 17.8.